The first-order valence-corrected chi connectivity index (χ1v) is 3.05. The number of hydrogen-bond donors (Lipinski definition) is 2. The highest BCUT2D eigenvalue weighted by Crippen LogP contribution is 1.87. The van der Waals surface area contributed by atoms with E-state index in [4.69, 9.17) is 20.1 Å². The monoisotopic (exact) mass is 152 g/mol. The summed E-state index contributed by atoms with van der Waals surface area (Å²) in [6.45, 7) is 0. The van der Waals surface area contributed by atoms with E-state index in [0.717, 1.165) is 0 Å². The van der Waals surface area contributed by atoms with E-state index in [0.29, 0.717) is 5.95 Å². The quantitative estimate of drug-likeness (QED) is 0.415. The summed E-state index contributed by atoms with van der Waals surface area (Å²) < 4.78 is 0.237. The Morgan fingerprint density at radius 1 is 1.60 bits per heavy atom. The van der Waals surface area contributed by atoms with Gasteiger partial charge in [0.1, 0.15) is 0 Å². The lowest BCUT2D eigenvalue weighted by Crippen LogP contribution is -2.16. The van der Waals surface area contributed by atoms with Crippen molar-refractivity contribution >= 4 is 31.7 Å². The van der Waals surface area contributed by atoms with Crippen LogP contribution in [0.4, 0.5) is 5.95 Å². The maximum absolute atomic E-state index is 5.32. The number of aromatic nitrogens is 3. The fourth-order valence-electron chi connectivity index (χ4n) is 0.519. The van der Waals surface area contributed by atoms with Crippen LogP contribution in [0.15, 0.2) is 0 Å². The summed E-state index contributed by atoms with van der Waals surface area (Å²) in [6, 6.07) is 0. The van der Waals surface area contributed by atoms with Gasteiger partial charge in [-0.05, 0) is 12.2 Å². The first-order valence-electron chi connectivity index (χ1n) is 2.64. The average molecular weight is 152 g/mol. The Morgan fingerprint density at radius 3 is 2.80 bits per heavy atom. The van der Waals surface area contributed by atoms with E-state index < -0.39 is 0 Å². The van der Waals surface area contributed by atoms with Crippen LogP contribution < -0.4 is 11.0 Å². The SMILES string of the molecule is [B]c1nc(=S)nc(NC)[nH]1. The minimum atomic E-state index is 0.237. The molecule has 0 aromatic carbocycles. The van der Waals surface area contributed by atoms with Crippen molar-refractivity contribution in [1.29, 1.82) is 0 Å². The molecule has 2 N–H and O–H groups in total. The lowest BCUT2D eigenvalue weighted by molar-refractivity contribution is 1.06. The number of hydrogen-bond acceptors (Lipinski definition) is 4. The van der Waals surface area contributed by atoms with Crippen LogP contribution in [0.2, 0.25) is 0 Å². The standard InChI is InChI=1S/C4H5BN4S/c1-6-3-7-2(5)8-4(10)9-3/h1H3,(H2,6,7,8,9,10). The first kappa shape index (κ1) is 7.20. The van der Waals surface area contributed by atoms with Crippen molar-refractivity contribution in [3.8, 4) is 0 Å². The molecule has 2 radical (unpaired) electrons. The molecule has 1 heterocycles. The molecule has 6 heteroatoms. The number of nitrogens with zero attached hydrogens (tertiary/aromatic N) is 2. The third kappa shape index (κ3) is 1.54. The van der Waals surface area contributed by atoms with E-state index in [9.17, 15) is 0 Å². The van der Waals surface area contributed by atoms with Crippen molar-refractivity contribution < 1.29 is 0 Å². The van der Waals surface area contributed by atoms with Gasteiger partial charge in [-0.2, -0.15) is 4.98 Å². The normalized spacial score (nSPS) is 9.30. The van der Waals surface area contributed by atoms with Gasteiger partial charge >= 0.3 is 0 Å². The third-order valence-electron chi connectivity index (χ3n) is 0.907. The molecule has 0 aliphatic rings. The summed E-state index contributed by atoms with van der Waals surface area (Å²) in [5, 5.41) is 2.76. The number of rotatable bonds is 1. The second-order valence-electron chi connectivity index (χ2n) is 1.62. The van der Waals surface area contributed by atoms with Crippen molar-refractivity contribution in [2.24, 2.45) is 0 Å². The Kier molecular flexibility index (Phi) is 2.01. The number of anilines is 1. The molecule has 10 heavy (non-hydrogen) atoms. The number of aromatic amines is 1. The molecule has 0 saturated heterocycles. The third-order valence-corrected chi connectivity index (χ3v) is 1.09. The predicted octanol–water partition coefficient (Wildman–Crippen LogP) is -0.630. The molecule has 0 spiro atoms. The maximum atomic E-state index is 5.32. The summed E-state index contributed by atoms with van der Waals surface area (Å²) in [6.07, 6.45) is 0. The van der Waals surface area contributed by atoms with Crippen molar-refractivity contribution in [3.63, 3.8) is 0 Å². The van der Waals surface area contributed by atoms with Crippen LogP contribution in [-0.4, -0.2) is 29.8 Å². The molecule has 0 aliphatic heterocycles. The Hall–Kier alpha value is -0.905. The van der Waals surface area contributed by atoms with Crippen LogP contribution in [0.1, 0.15) is 0 Å². The summed E-state index contributed by atoms with van der Waals surface area (Å²) in [5.41, 5.74) is 0.268. The molecule has 0 saturated carbocycles. The maximum Gasteiger partial charge on any atom is 0.223 e. The lowest BCUT2D eigenvalue weighted by Gasteiger charge is -1.98. The topological polar surface area (TPSA) is 53.6 Å². The van der Waals surface area contributed by atoms with E-state index in [1.807, 2.05) is 0 Å². The van der Waals surface area contributed by atoms with Crippen molar-refractivity contribution in [3.05, 3.63) is 4.77 Å². The predicted molar refractivity (Wildman–Crippen MR) is 42.2 cm³/mol. The van der Waals surface area contributed by atoms with Crippen LogP contribution in [0, 0.1) is 4.77 Å². The summed E-state index contributed by atoms with van der Waals surface area (Å²) in [5.74, 6) is 0.525. The van der Waals surface area contributed by atoms with E-state index in [1.54, 1.807) is 7.05 Å². The molecule has 4 nitrogen and oxygen atoms in total. The van der Waals surface area contributed by atoms with Gasteiger partial charge in [-0.1, -0.05) is 0 Å². The zero-order chi connectivity index (χ0) is 7.56. The van der Waals surface area contributed by atoms with Crippen LogP contribution >= 0.6 is 12.2 Å². The molecule has 0 unspecified atom stereocenters. The fraction of sp³-hybridized carbons (Fsp3) is 0.250. The number of H-pyrrole nitrogens is 1. The van der Waals surface area contributed by atoms with E-state index in [-0.39, 0.29) is 10.5 Å². The molecule has 0 bridgehead atoms. The zero-order valence-electron chi connectivity index (χ0n) is 5.38. The van der Waals surface area contributed by atoms with Gasteiger partial charge < -0.3 is 10.3 Å². The zero-order valence-corrected chi connectivity index (χ0v) is 6.20. The van der Waals surface area contributed by atoms with E-state index in [1.165, 1.54) is 0 Å². The smallest absolute Gasteiger partial charge is 0.223 e. The van der Waals surface area contributed by atoms with Crippen LogP contribution in [0.3, 0.4) is 0 Å². The van der Waals surface area contributed by atoms with Crippen LogP contribution in [-0.2, 0) is 0 Å². The van der Waals surface area contributed by atoms with Gasteiger partial charge in [0.2, 0.25) is 10.7 Å². The highest BCUT2D eigenvalue weighted by Gasteiger charge is 1.90. The second kappa shape index (κ2) is 2.79. The Bertz CT molecular complexity index is 283. The highest BCUT2D eigenvalue weighted by molar-refractivity contribution is 7.71. The molecular formula is C4H5BN4S. The Morgan fingerprint density at radius 2 is 2.30 bits per heavy atom. The molecular weight excluding hydrogens is 147 g/mol. The van der Waals surface area contributed by atoms with Crippen molar-refractivity contribution in [2.45, 2.75) is 0 Å². The van der Waals surface area contributed by atoms with Gasteiger partial charge in [-0.15, -0.1) is 0 Å². The summed E-state index contributed by atoms with van der Waals surface area (Å²) in [7, 11) is 7.04. The largest absolute Gasteiger partial charge is 0.359 e. The molecule has 0 fully saturated rings. The molecule has 0 atom stereocenters. The highest BCUT2D eigenvalue weighted by atomic mass is 32.1. The van der Waals surface area contributed by atoms with E-state index >= 15 is 0 Å². The molecule has 50 valence electrons. The average Bonchev–Trinajstić information content (AvgIpc) is 1.85. The molecule has 1 rings (SSSR count). The van der Waals surface area contributed by atoms with Gasteiger partial charge in [0, 0.05) is 7.05 Å². The van der Waals surface area contributed by atoms with Gasteiger partial charge in [0.15, 0.2) is 7.85 Å². The van der Waals surface area contributed by atoms with E-state index in [2.05, 4.69) is 20.3 Å². The second-order valence-corrected chi connectivity index (χ2v) is 1.98. The van der Waals surface area contributed by atoms with Crippen LogP contribution in [0.5, 0.6) is 0 Å². The van der Waals surface area contributed by atoms with Crippen LogP contribution in [0.25, 0.3) is 0 Å². The fourth-order valence-corrected chi connectivity index (χ4v) is 0.709. The molecule has 0 aliphatic carbocycles. The van der Waals surface area contributed by atoms with Crippen molar-refractivity contribution in [1.82, 2.24) is 15.0 Å². The summed E-state index contributed by atoms with van der Waals surface area (Å²) >= 11 is 4.69. The Balaban J connectivity index is 3.19. The lowest BCUT2D eigenvalue weighted by atomic mass is 10.1. The molecule has 0 amide bonds. The van der Waals surface area contributed by atoms with Gasteiger partial charge in [0.25, 0.3) is 0 Å². The summed E-state index contributed by atoms with van der Waals surface area (Å²) in [4.78, 5) is 10.2. The number of nitrogens with one attached hydrogen (secondary N) is 2. The molecule has 1 aromatic rings. The van der Waals surface area contributed by atoms with Crippen molar-refractivity contribution in [2.75, 3.05) is 12.4 Å². The van der Waals surface area contributed by atoms with Gasteiger partial charge in [-0.25, -0.2) is 4.98 Å². The Labute approximate surface area is 64.5 Å². The minimum Gasteiger partial charge on any atom is -0.359 e. The molecule has 1 aromatic heterocycles. The first-order chi connectivity index (χ1) is 4.72. The minimum absolute atomic E-state index is 0.237. The van der Waals surface area contributed by atoms with Gasteiger partial charge in [-0.3, -0.25) is 0 Å². The van der Waals surface area contributed by atoms with Gasteiger partial charge in [0.05, 0.1) is 5.72 Å².